The number of aliphatic hydroxyl groups excluding tert-OH is 3. The van der Waals surface area contributed by atoms with Crippen molar-refractivity contribution in [2.75, 3.05) is 26.4 Å². The Labute approximate surface area is 331 Å². The molecule has 0 fully saturated rings. The molecule has 0 rings (SSSR count). The normalized spacial score (nSPS) is 15.3. The minimum absolute atomic E-state index is 0.0323. The van der Waals surface area contributed by atoms with Gasteiger partial charge in [0.15, 0.2) is 6.10 Å². The molecule has 0 saturated carbocycles. The zero-order chi connectivity index (χ0) is 40.8. The van der Waals surface area contributed by atoms with Crippen LogP contribution in [0.5, 0.6) is 0 Å². The van der Waals surface area contributed by atoms with E-state index in [2.05, 4.69) is 61.8 Å². The van der Waals surface area contributed by atoms with Crippen LogP contribution in [0.3, 0.4) is 0 Å². The van der Waals surface area contributed by atoms with Crippen molar-refractivity contribution in [3.05, 3.63) is 72.9 Å². The predicted octanol–water partition coefficient (Wildman–Crippen LogP) is 9.32. The lowest BCUT2D eigenvalue weighted by molar-refractivity contribution is -0.161. The van der Waals surface area contributed by atoms with Crippen LogP contribution in [0, 0.1) is 5.92 Å². The van der Waals surface area contributed by atoms with Crippen LogP contribution >= 0.6 is 7.82 Å². The van der Waals surface area contributed by atoms with E-state index < -0.39 is 64.5 Å². The summed E-state index contributed by atoms with van der Waals surface area (Å²) >= 11 is 0. The third-order valence-electron chi connectivity index (χ3n) is 8.15. The number of hydrogen-bond donors (Lipinski definition) is 4. The number of carbonyl (C=O) groups excluding carboxylic acids is 2. The summed E-state index contributed by atoms with van der Waals surface area (Å²) in [7, 11) is -4.66. The van der Waals surface area contributed by atoms with Crippen LogP contribution in [0.1, 0.15) is 136 Å². The molecule has 0 bridgehead atoms. The molecular formula is C43H73O11P. The number of esters is 2. The van der Waals surface area contributed by atoms with Gasteiger partial charge in [0.25, 0.3) is 0 Å². The number of phosphoric acid groups is 1. The summed E-state index contributed by atoms with van der Waals surface area (Å²) in [5.41, 5.74) is 0. The minimum atomic E-state index is -4.66. The summed E-state index contributed by atoms with van der Waals surface area (Å²) in [5.74, 6) is -0.356. The van der Waals surface area contributed by atoms with E-state index in [0.717, 1.165) is 50.9 Å². The molecule has 11 nitrogen and oxygen atoms in total. The van der Waals surface area contributed by atoms with E-state index in [-0.39, 0.29) is 12.8 Å². The van der Waals surface area contributed by atoms with Gasteiger partial charge in [0.1, 0.15) is 12.7 Å². The fourth-order valence-electron chi connectivity index (χ4n) is 4.99. The van der Waals surface area contributed by atoms with E-state index in [9.17, 15) is 29.3 Å². The fourth-order valence-corrected chi connectivity index (χ4v) is 5.78. The third-order valence-corrected chi connectivity index (χ3v) is 9.10. The van der Waals surface area contributed by atoms with Gasteiger partial charge in [0, 0.05) is 12.8 Å². The number of phosphoric ester groups is 1. The highest BCUT2D eigenvalue weighted by Gasteiger charge is 2.27. The molecule has 0 aliphatic rings. The average molecular weight is 797 g/mol. The van der Waals surface area contributed by atoms with E-state index in [0.29, 0.717) is 19.3 Å². The molecule has 0 spiro atoms. The number of allylic oxidation sites excluding steroid dienone is 10. The Balaban J connectivity index is 4.56. The molecule has 0 aromatic rings. The van der Waals surface area contributed by atoms with Crippen molar-refractivity contribution in [1.29, 1.82) is 0 Å². The van der Waals surface area contributed by atoms with Gasteiger partial charge < -0.3 is 29.7 Å². The molecule has 0 aromatic heterocycles. The van der Waals surface area contributed by atoms with Gasteiger partial charge in [-0.05, 0) is 50.9 Å². The Bertz CT molecular complexity index is 1180. The van der Waals surface area contributed by atoms with Crippen LogP contribution in [0.15, 0.2) is 72.9 Å². The maximum absolute atomic E-state index is 12.6. The number of hydrogen-bond acceptors (Lipinski definition) is 10. The first-order chi connectivity index (χ1) is 26.5. The first kappa shape index (κ1) is 52.4. The monoisotopic (exact) mass is 796 g/mol. The van der Waals surface area contributed by atoms with Gasteiger partial charge in [-0.3, -0.25) is 18.6 Å². The summed E-state index contributed by atoms with van der Waals surface area (Å²) in [5, 5.41) is 28.5. The molecule has 316 valence electrons. The van der Waals surface area contributed by atoms with Crippen LogP contribution < -0.4 is 0 Å². The molecule has 4 N–H and O–H groups in total. The summed E-state index contributed by atoms with van der Waals surface area (Å²) < 4.78 is 32.5. The summed E-state index contributed by atoms with van der Waals surface area (Å²) in [6.07, 6.45) is 36.3. The maximum atomic E-state index is 12.6. The molecule has 0 aliphatic carbocycles. The molecule has 0 aliphatic heterocycles. The van der Waals surface area contributed by atoms with E-state index in [1.807, 2.05) is 12.2 Å². The van der Waals surface area contributed by atoms with Gasteiger partial charge in [-0.1, -0.05) is 151 Å². The summed E-state index contributed by atoms with van der Waals surface area (Å²) in [6, 6.07) is 0. The zero-order valence-electron chi connectivity index (χ0n) is 33.9. The number of unbranched alkanes of at least 4 members (excludes halogenated alkanes) is 8. The largest absolute Gasteiger partial charge is 0.472 e. The number of rotatable bonds is 36. The van der Waals surface area contributed by atoms with Crippen LogP contribution in [0.2, 0.25) is 0 Å². The van der Waals surface area contributed by atoms with Crippen molar-refractivity contribution in [2.45, 2.75) is 155 Å². The molecular weight excluding hydrogens is 723 g/mol. The van der Waals surface area contributed by atoms with Crippen LogP contribution in [-0.2, 0) is 32.7 Å². The topological polar surface area (TPSA) is 169 Å². The first-order valence-corrected chi connectivity index (χ1v) is 21.9. The van der Waals surface area contributed by atoms with Crippen LogP contribution in [-0.4, -0.2) is 76.9 Å². The van der Waals surface area contributed by atoms with Gasteiger partial charge in [0.05, 0.1) is 25.9 Å². The third kappa shape index (κ3) is 38.0. The van der Waals surface area contributed by atoms with Crippen molar-refractivity contribution < 1.29 is 52.9 Å². The Morgan fingerprint density at radius 2 is 1.25 bits per heavy atom. The predicted molar refractivity (Wildman–Crippen MR) is 220 cm³/mol. The summed E-state index contributed by atoms with van der Waals surface area (Å²) in [4.78, 5) is 34.9. The Hall–Kier alpha value is -2.63. The van der Waals surface area contributed by atoms with Crippen LogP contribution in [0.4, 0.5) is 0 Å². The van der Waals surface area contributed by atoms with Gasteiger partial charge in [-0.2, -0.15) is 0 Å². The van der Waals surface area contributed by atoms with Crippen molar-refractivity contribution >= 4 is 19.8 Å². The van der Waals surface area contributed by atoms with E-state index in [1.165, 1.54) is 38.5 Å². The molecule has 0 radical (unpaired) electrons. The zero-order valence-corrected chi connectivity index (χ0v) is 34.8. The molecule has 4 atom stereocenters. The highest BCUT2D eigenvalue weighted by molar-refractivity contribution is 7.47. The second-order valence-corrected chi connectivity index (χ2v) is 15.4. The molecule has 0 heterocycles. The lowest BCUT2D eigenvalue weighted by atomic mass is 10.0. The van der Waals surface area contributed by atoms with Gasteiger partial charge in [-0.15, -0.1) is 0 Å². The number of aliphatic hydroxyl groups is 3. The minimum Gasteiger partial charge on any atom is -0.462 e. The van der Waals surface area contributed by atoms with E-state index in [1.54, 1.807) is 24.3 Å². The maximum Gasteiger partial charge on any atom is 0.472 e. The second kappa shape index (κ2) is 37.0. The van der Waals surface area contributed by atoms with Crippen molar-refractivity contribution in [1.82, 2.24) is 0 Å². The van der Waals surface area contributed by atoms with Gasteiger partial charge in [-0.25, -0.2) is 4.57 Å². The van der Waals surface area contributed by atoms with Crippen molar-refractivity contribution in [2.24, 2.45) is 5.92 Å². The average Bonchev–Trinajstić information content (AvgIpc) is 3.15. The molecule has 0 amide bonds. The number of ether oxygens (including phenoxy) is 2. The Morgan fingerprint density at radius 1 is 0.673 bits per heavy atom. The van der Waals surface area contributed by atoms with Crippen LogP contribution in [0.25, 0.3) is 0 Å². The molecule has 0 aromatic carbocycles. The van der Waals surface area contributed by atoms with E-state index >= 15 is 0 Å². The number of carbonyl (C=O) groups is 2. The molecule has 2 unspecified atom stereocenters. The van der Waals surface area contributed by atoms with Crippen molar-refractivity contribution in [3.8, 4) is 0 Å². The van der Waals surface area contributed by atoms with E-state index in [4.69, 9.17) is 19.1 Å². The highest BCUT2D eigenvalue weighted by Crippen LogP contribution is 2.43. The molecule has 55 heavy (non-hydrogen) atoms. The SMILES string of the molecule is CC/C=C\C/C=C\C/C=C\C/C=C\C=C/C(O)C/C=C\CCC(=O)OC[C@H](COP(=O)(O)OC[C@@H](O)CO)OC(=O)CCCCCCCCCCCC(C)C. The lowest BCUT2D eigenvalue weighted by Crippen LogP contribution is -2.29. The molecule has 12 heteroatoms. The highest BCUT2D eigenvalue weighted by atomic mass is 31.2. The quantitative estimate of drug-likeness (QED) is 0.0157. The Kier molecular flexibility index (Phi) is 35.2. The Morgan fingerprint density at radius 3 is 1.87 bits per heavy atom. The standard InChI is InChI=1S/C43H73O11P/c1-4-5-6-7-8-9-10-11-12-15-18-21-25-30-39(45)31-26-23-28-32-42(47)51-36-41(37-53-55(49,50)52-35-40(46)34-44)54-43(48)33-27-22-19-16-13-14-17-20-24-29-38(2)3/h5-6,8-9,11-12,18,21,23,25-26,30,38-41,44-46H,4,7,10,13-17,19-20,22,24,27-29,31-37H2,1-3H3,(H,49,50)/b6-5-,9-8-,12-11-,21-18-,26-23-,30-25-/t39?,40-,41+/m0/s1. The van der Waals surface area contributed by atoms with Gasteiger partial charge in [0.2, 0.25) is 0 Å². The smallest absolute Gasteiger partial charge is 0.462 e. The van der Waals surface area contributed by atoms with Gasteiger partial charge >= 0.3 is 19.8 Å². The molecule has 0 saturated heterocycles. The second-order valence-electron chi connectivity index (χ2n) is 14.0. The lowest BCUT2D eigenvalue weighted by Gasteiger charge is -2.20. The fraction of sp³-hybridized carbons (Fsp3) is 0.674. The van der Waals surface area contributed by atoms with Crippen molar-refractivity contribution in [3.63, 3.8) is 0 Å². The first-order valence-electron chi connectivity index (χ1n) is 20.4. The summed E-state index contributed by atoms with van der Waals surface area (Å²) in [6.45, 7) is 4.32.